The number of nitrogens with zero attached hydrogens (tertiary/aromatic N) is 1. The first-order valence-electron chi connectivity index (χ1n) is 14.7. The third kappa shape index (κ3) is 3.50. The molecule has 0 saturated carbocycles. The summed E-state index contributed by atoms with van der Waals surface area (Å²) in [7, 11) is 0. The van der Waals surface area contributed by atoms with E-state index >= 15 is 0 Å². The molecule has 0 N–H and O–H groups in total. The predicted octanol–water partition coefficient (Wildman–Crippen LogP) is 10.5. The van der Waals surface area contributed by atoms with Gasteiger partial charge in [0.05, 0.1) is 6.04 Å². The second-order valence-electron chi connectivity index (χ2n) is 12.9. The maximum absolute atomic E-state index is 2.73. The highest BCUT2D eigenvalue weighted by atomic mass is 15.2. The highest BCUT2D eigenvalue weighted by Crippen LogP contribution is 2.56. The van der Waals surface area contributed by atoms with Gasteiger partial charge in [0.1, 0.15) is 0 Å². The fourth-order valence-electron chi connectivity index (χ4n) is 7.70. The van der Waals surface area contributed by atoms with Crippen LogP contribution in [-0.4, -0.2) is 0 Å². The van der Waals surface area contributed by atoms with Crippen molar-refractivity contribution < 1.29 is 0 Å². The van der Waals surface area contributed by atoms with Gasteiger partial charge >= 0.3 is 0 Å². The number of rotatable bonds is 4. The fourth-order valence-corrected chi connectivity index (χ4v) is 7.70. The molecule has 6 rings (SSSR count). The zero-order chi connectivity index (χ0) is 27.1. The largest absolute Gasteiger partial charge is 0.333 e. The molecule has 0 spiro atoms. The van der Waals surface area contributed by atoms with Gasteiger partial charge in [-0.1, -0.05) is 89.1 Å². The Labute approximate surface area is 230 Å². The summed E-state index contributed by atoms with van der Waals surface area (Å²) in [5, 5.41) is 0. The van der Waals surface area contributed by atoms with Crippen molar-refractivity contribution in [2.24, 2.45) is 5.92 Å². The van der Waals surface area contributed by atoms with Crippen LogP contribution in [0.15, 0.2) is 54.2 Å². The Morgan fingerprint density at radius 1 is 0.816 bits per heavy atom. The Kier molecular flexibility index (Phi) is 5.80. The monoisotopic (exact) mass is 501 g/mol. The van der Waals surface area contributed by atoms with Crippen molar-refractivity contribution >= 4 is 16.8 Å². The highest BCUT2D eigenvalue weighted by Gasteiger charge is 2.41. The van der Waals surface area contributed by atoms with Gasteiger partial charge in [-0.15, -0.1) is 0 Å². The van der Waals surface area contributed by atoms with E-state index in [0.29, 0.717) is 5.92 Å². The van der Waals surface area contributed by atoms with Gasteiger partial charge in [-0.2, -0.15) is 0 Å². The van der Waals surface area contributed by atoms with E-state index in [1.807, 2.05) is 0 Å². The van der Waals surface area contributed by atoms with Crippen LogP contribution in [-0.2, 0) is 5.41 Å². The fraction of sp³-hybridized carbons (Fsp3) is 0.405. The van der Waals surface area contributed by atoms with Crippen LogP contribution >= 0.6 is 0 Å². The molecule has 2 heterocycles. The molecular weight excluding hydrogens is 458 g/mol. The summed E-state index contributed by atoms with van der Waals surface area (Å²) in [4.78, 5) is 2.73. The third-order valence-corrected chi connectivity index (χ3v) is 9.28. The molecule has 1 heteroatoms. The van der Waals surface area contributed by atoms with Gasteiger partial charge in [-0.25, -0.2) is 0 Å². The minimum absolute atomic E-state index is 0.00879. The Morgan fingerprint density at radius 3 is 2.24 bits per heavy atom. The molecule has 0 amide bonds. The van der Waals surface area contributed by atoms with E-state index in [-0.39, 0.29) is 11.5 Å². The molecular formula is C37H43N. The van der Waals surface area contributed by atoms with Crippen LogP contribution in [0.5, 0.6) is 0 Å². The first-order chi connectivity index (χ1) is 18.1. The predicted molar refractivity (Wildman–Crippen MR) is 165 cm³/mol. The Morgan fingerprint density at radius 2 is 1.55 bits per heavy atom. The van der Waals surface area contributed by atoms with E-state index in [1.54, 1.807) is 0 Å². The molecule has 0 fully saturated rings. The van der Waals surface area contributed by atoms with Crippen molar-refractivity contribution in [1.82, 2.24) is 0 Å². The lowest BCUT2D eigenvalue weighted by atomic mass is 9.76. The average molecular weight is 502 g/mol. The van der Waals surface area contributed by atoms with Gasteiger partial charge in [0, 0.05) is 22.4 Å². The molecule has 38 heavy (non-hydrogen) atoms. The van der Waals surface area contributed by atoms with Gasteiger partial charge in [-0.05, 0) is 108 Å². The van der Waals surface area contributed by atoms with Crippen LogP contribution in [0.3, 0.4) is 0 Å². The zero-order valence-electron chi connectivity index (χ0n) is 24.8. The summed E-state index contributed by atoms with van der Waals surface area (Å²) in [6.45, 7) is 21.0. The summed E-state index contributed by atoms with van der Waals surface area (Å²) in [6, 6.07) is 17.3. The average Bonchev–Trinajstić information content (AvgIpc) is 3.07. The lowest BCUT2D eigenvalue weighted by Crippen LogP contribution is -2.35. The van der Waals surface area contributed by atoms with E-state index in [2.05, 4.69) is 116 Å². The molecule has 196 valence electrons. The maximum Gasteiger partial charge on any atom is 0.0784 e. The van der Waals surface area contributed by atoms with Crippen LogP contribution in [0.1, 0.15) is 111 Å². The summed E-state index contributed by atoms with van der Waals surface area (Å²) in [5.41, 5.74) is 20.3. The summed E-state index contributed by atoms with van der Waals surface area (Å²) >= 11 is 0. The van der Waals surface area contributed by atoms with Crippen LogP contribution in [0.2, 0.25) is 0 Å². The zero-order valence-corrected chi connectivity index (χ0v) is 24.8. The minimum atomic E-state index is -0.00879. The van der Waals surface area contributed by atoms with Crippen molar-refractivity contribution in [2.75, 3.05) is 4.90 Å². The third-order valence-electron chi connectivity index (χ3n) is 9.28. The SMILES string of the molecule is CCC1=C(CC)N2c3cc4c(cc3C(CC(C)C)=CC2c2cc(C)cc(C)c21)-c1ccc(C)cc1C4(C)C. The van der Waals surface area contributed by atoms with Gasteiger partial charge in [0.25, 0.3) is 0 Å². The van der Waals surface area contributed by atoms with E-state index in [1.165, 1.54) is 78.2 Å². The van der Waals surface area contributed by atoms with Crippen molar-refractivity contribution in [2.45, 2.75) is 93.0 Å². The van der Waals surface area contributed by atoms with Crippen molar-refractivity contribution in [3.05, 3.63) is 98.7 Å². The van der Waals surface area contributed by atoms with Crippen LogP contribution in [0, 0.1) is 26.7 Å². The molecule has 0 radical (unpaired) electrons. The van der Waals surface area contributed by atoms with E-state index in [9.17, 15) is 0 Å². The molecule has 3 aliphatic rings. The van der Waals surface area contributed by atoms with Gasteiger partial charge in [0.2, 0.25) is 0 Å². The standard InChI is InChI=1S/C37H43N/c1-10-26-33(11-2)38-34(30-16-23(6)15-24(7)36(26)30)18-25(14-21(3)4)28-19-29-27-13-12-22(5)17-31(27)37(8,9)32(29)20-35(28)38/h12-13,15-21,34H,10-11,14H2,1-9H3. The summed E-state index contributed by atoms with van der Waals surface area (Å²) in [5.74, 6) is 0.606. The first-order valence-corrected chi connectivity index (χ1v) is 14.7. The molecule has 1 aliphatic carbocycles. The molecule has 3 aromatic carbocycles. The number of hydrogen-bond donors (Lipinski definition) is 0. The van der Waals surface area contributed by atoms with Gasteiger partial charge in [-0.3, -0.25) is 0 Å². The molecule has 1 atom stereocenters. The van der Waals surface area contributed by atoms with Gasteiger partial charge < -0.3 is 4.90 Å². The number of aryl methyl sites for hydroxylation is 3. The van der Waals surface area contributed by atoms with Crippen LogP contribution in [0.4, 0.5) is 5.69 Å². The molecule has 1 unspecified atom stereocenters. The number of hydrogen-bond acceptors (Lipinski definition) is 1. The number of anilines is 1. The number of benzene rings is 3. The molecule has 3 aromatic rings. The molecule has 0 saturated heterocycles. The van der Waals surface area contributed by atoms with Crippen molar-refractivity contribution in [1.29, 1.82) is 0 Å². The normalized spacial score (nSPS) is 18.6. The lowest BCUT2D eigenvalue weighted by Gasteiger charge is -2.45. The second kappa shape index (κ2) is 8.73. The molecule has 2 aliphatic heterocycles. The summed E-state index contributed by atoms with van der Waals surface area (Å²) in [6.07, 6.45) is 5.82. The summed E-state index contributed by atoms with van der Waals surface area (Å²) < 4.78 is 0. The van der Waals surface area contributed by atoms with Gasteiger partial charge in [0.15, 0.2) is 0 Å². The Hall–Kier alpha value is -3.06. The number of fused-ring (bicyclic) bond motifs is 8. The molecule has 0 aromatic heterocycles. The lowest BCUT2D eigenvalue weighted by molar-refractivity contribution is 0.654. The van der Waals surface area contributed by atoms with Crippen LogP contribution in [0.25, 0.3) is 22.3 Å². The Bertz CT molecular complexity index is 1540. The van der Waals surface area contributed by atoms with Crippen molar-refractivity contribution in [3.8, 4) is 11.1 Å². The van der Waals surface area contributed by atoms with Crippen molar-refractivity contribution in [3.63, 3.8) is 0 Å². The molecule has 1 nitrogen and oxygen atoms in total. The topological polar surface area (TPSA) is 3.24 Å². The smallest absolute Gasteiger partial charge is 0.0784 e. The Balaban J connectivity index is 1.68. The minimum Gasteiger partial charge on any atom is -0.333 e. The quantitative estimate of drug-likeness (QED) is 0.344. The van der Waals surface area contributed by atoms with E-state index < -0.39 is 0 Å². The molecule has 0 bridgehead atoms. The highest BCUT2D eigenvalue weighted by molar-refractivity contribution is 5.94. The number of allylic oxidation sites excluding steroid dienone is 3. The first kappa shape index (κ1) is 25.2. The second-order valence-corrected chi connectivity index (χ2v) is 12.9. The van der Waals surface area contributed by atoms with E-state index in [4.69, 9.17) is 0 Å². The van der Waals surface area contributed by atoms with E-state index in [0.717, 1.165) is 19.3 Å². The van der Waals surface area contributed by atoms with Crippen LogP contribution < -0.4 is 4.90 Å². The maximum atomic E-state index is 2.73.